The maximum Gasteiger partial charge on any atom is 0.195 e. The van der Waals surface area contributed by atoms with Crippen molar-refractivity contribution in [2.45, 2.75) is 44.6 Å². The maximum absolute atomic E-state index is 5.31. The number of nitrogens with zero attached hydrogens (tertiary/aromatic N) is 2. The lowest BCUT2D eigenvalue weighted by atomic mass is 10.1. The van der Waals surface area contributed by atoms with Crippen LogP contribution in [0.15, 0.2) is 0 Å². The Labute approximate surface area is 101 Å². The lowest BCUT2D eigenvalue weighted by Gasteiger charge is -2.18. The van der Waals surface area contributed by atoms with E-state index in [0.717, 1.165) is 23.4 Å². The van der Waals surface area contributed by atoms with Crippen molar-refractivity contribution < 1.29 is 4.74 Å². The van der Waals surface area contributed by atoms with Crippen molar-refractivity contribution in [2.24, 2.45) is 0 Å². The van der Waals surface area contributed by atoms with E-state index in [1.165, 1.54) is 12.8 Å². The van der Waals surface area contributed by atoms with Crippen LogP contribution in [0.2, 0.25) is 0 Å². The van der Waals surface area contributed by atoms with E-state index >= 15 is 0 Å². The number of ether oxygens (including phenoxy) is 1. The first-order chi connectivity index (χ1) is 7.77. The van der Waals surface area contributed by atoms with Crippen molar-refractivity contribution in [2.75, 3.05) is 13.7 Å². The van der Waals surface area contributed by atoms with Crippen molar-refractivity contribution in [1.29, 1.82) is 0 Å². The smallest absolute Gasteiger partial charge is 0.195 e. The second-order valence-corrected chi connectivity index (χ2v) is 4.82. The molecule has 16 heavy (non-hydrogen) atoms. The van der Waals surface area contributed by atoms with Gasteiger partial charge in [0, 0.05) is 13.0 Å². The van der Waals surface area contributed by atoms with Gasteiger partial charge in [-0.1, -0.05) is 13.3 Å². The van der Waals surface area contributed by atoms with E-state index < -0.39 is 0 Å². The van der Waals surface area contributed by atoms with Gasteiger partial charge in [0.15, 0.2) is 4.77 Å². The van der Waals surface area contributed by atoms with E-state index in [0.29, 0.717) is 18.6 Å². The lowest BCUT2D eigenvalue weighted by molar-refractivity contribution is 0.148. The van der Waals surface area contributed by atoms with Crippen LogP contribution in [-0.2, 0) is 4.74 Å². The Hall–Kier alpha value is -0.680. The molecule has 1 aromatic rings. The van der Waals surface area contributed by atoms with Crippen molar-refractivity contribution in [3.8, 4) is 0 Å². The molecule has 1 unspecified atom stereocenters. The average Bonchev–Trinajstić information content (AvgIpc) is 3.03. The SMILES string of the molecule is CCCC(COC)n1c(C2CC2)n[nH]c1=S. The number of aromatic nitrogens is 3. The molecular formula is C11H19N3OS. The molecule has 0 radical (unpaired) electrons. The van der Waals surface area contributed by atoms with Gasteiger partial charge in [0.1, 0.15) is 5.82 Å². The van der Waals surface area contributed by atoms with Crippen LogP contribution in [0, 0.1) is 4.77 Å². The molecule has 1 heterocycles. The van der Waals surface area contributed by atoms with E-state index in [9.17, 15) is 0 Å². The number of nitrogens with one attached hydrogen (secondary N) is 1. The molecule has 90 valence electrons. The third-order valence-electron chi connectivity index (χ3n) is 3.02. The van der Waals surface area contributed by atoms with Crippen molar-refractivity contribution >= 4 is 12.2 Å². The molecule has 1 aromatic heterocycles. The Balaban J connectivity index is 2.27. The lowest BCUT2D eigenvalue weighted by Crippen LogP contribution is -2.17. The summed E-state index contributed by atoms with van der Waals surface area (Å²) >= 11 is 5.31. The number of H-pyrrole nitrogens is 1. The molecule has 0 aliphatic heterocycles. The number of rotatable bonds is 6. The summed E-state index contributed by atoms with van der Waals surface area (Å²) in [5.74, 6) is 1.74. The fraction of sp³-hybridized carbons (Fsp3) is 0.818. The van der Waals surface area contributed by atoms with Gasteiger partial charge in [0.25, 0.3) is 0 Å². The third kappa shape index (κ3) is 2.35. The summed E-state index contributed by atoms with van der Waals surface area (Å²) in [5, 5.41) is 7.27. The molecule has 5 heteroatoms. The highest BCUT2D eigenvalue weighted by atomic mass is 32.1. The molecule has 0 bridgehead atoms. The van der Waals surface area contributed by atoms with Crippen LogP contribution >= 0.6 is 12.2 Å². The van der Waals surface area contributed by atoms with Crippen LogP contribution in [0.5, 0.6) is 0 Å². The largest absolute Gasteiger partial charge is 0.383 e. The molecule has 1 aliphatic carbocycles. The predicted molar refractivity (Wildman–Crippen MR) is 65.2 cm³/mol. The van der Waals surface area contributed by atoms with Gasteiger partial charge < -0.3 is 4.74 Å². The van der Waals surface area contributed by atoms with E-state index in [1.54, 1.807) is 7.11 Å². The average molecular weight is 241 g/mol. The fourth-order valence-corrected chi connectivity index (χ4v) is 2.40. The van der Waals surface area contributed by atoms with Crippen LogP contribution in [0.1, 0.15) is 50.4 Å². The van der Waals surface area contributed by atoms with Gasteiger partial charge in [-0.2, -0.15) is 5.10 Å². The van der Waals surface area contributed by atoms with E-state index in [1.807, 2.05) is 0 Å². The molecule has 2 rings (SSSR count). The van der Waals surface area contributed by atoms with E-state index in [-0.39, 0.29) is 0 Å². The Kier molecular flexibility index (Phi) is 3.76. The van der Waals surface area contributed by atoms with Crippen molar-refractivity contribution in [3.63, 3.8) is 0 Å². The van der Waals surface area contributed by atoms with Gasteiger partial charge in [-0.15, -0.1) is 0 Å². The first kappa shape index (κ1) is 11.8. The molecule has 1 fully saturated rings. The van der Waals surface area contributed by atoms with Gasteiger partial charge in [-0.3, -0.25) is 9.67 Å². The maximum atomic E-state index is 5.31. The Morgan fingerprint density at radius 1 is 1.62 bits per heavy atom. The summed E-state index contributed by atoms with van der Waals surface area (Å²) in [6.07, 6.45) is 4.70. The van der Waals surface area contributed by atoms with Crippen LogP contribution in [0.25, 0.3) is 0 Å². The second kappa shape index (κ2) is 5.10. The summed E-state index contributed by atoms with van der Waals surface area (Å²) in [6.45, 7) is 2.89. The molecular weight excluding hydrogens is 222 g/mol. The summed E-state index contributed by atoms with van der Waals surface area (Å²) in [5.41, 5.74) is 0. The van der Waals surface area contributed by atoms with E-state index in [2.05, 4.69) is 21.7 Å². The van der Waals surface area contributed by atoms with Gasteiger partial charge >= 0.3 is 0 Å². The van der Waals surface area contributed by atoms with E-state index in [4.69, 9.17) is 17.0 Å². The molecule has 0 amide bonds. The fourth-order valence-electron chi connectivity index (χ4n) is 2.11. The monoisotopic (exact) mass is 241 g/mol. The Morgan fingerprint density at radius 3 is 2.94 bits per heavy atom. The van der Waals surface area contributed by atoms with Crippen LogP contribution in [-0.4, -0.2) is 28.5 Å². The first-order valence-electron chi connectivity index (χ1n) is 5.93. The summed E-state index contributed by atoms with van der Waals surface area (Å²) in [7, 11) is 1.74. The highest BCUT2D eigenvalue weighted by Gasteiger charge is 2.30. The van der Waals surface area contributed by atoms with Crippen LogP contribution in [0.3, 0.4) is 0 Å². The zero-order valence-corrected chi connectivity index (χ0v) is 10.7. The molecule has 1 N–H and O–H groups in total. The van der Waals surface area contributed by atoms with Gasteiger partial charge in [0.2, 0.25) is 0 Å². The minimum Gasteiger partial charge on any atom is -0.383 e. The quantitative estimate of drug-likeness (QED) is 0.779. The normalized spacial score (nSPS) is 17.6. The van der Waals surface area contributed by atoms with Crippen LogP contribution in [0.4, 0.5) is 0 Å². The molecule has 0 saturated heterocycles. The molecule has 1 atom stereocenters. The second-order valence-electron chi connectivity index (χ2n) is 4.43. The highest BCUT2D eigenvalue weighted by molar-refractivity contribution is 7.71. The molecule has 0 spiro atoms. The van der Waals surface area contributed by atoms with Gasteiger partial charge in [0.05, 0.1) is 12.6 Å². The predicted octanol–water partition coefficient (Wildman–Crippen LogP) is 2.81. The summed E-state index contributed by atoms with van der Waals surface area (Å²) in [6, 6.07) is 0.330. The number of hydrogen-bond acceptors (Lipinski definition) is 3. The Morgan fingerprint density at radius 2 is 2.38 bits per heavy atom. The highest BCUT2D eigenvalue weighted by Crippen LogP contribution is 2.40. The van der Waals surface area contributed by atoms with Crippen LogP contribution < -0.4 is 0 Å². The third-order valence-corrected chi connectivity index (χ3v) is 3.31. The standard InChI is InChI=1S/C11H19N3OS/c1-3-4-9(7-15-2)14-10(8-5-6-8)12-13-11(14)16/h8-9H,3-7H2,1-2H3,(H,13,16). The Bertz CT molecular complexity index is 388. The topological polar surface area (TPSA) is 42.8 Å². The molecule has 1 saturated carbocycles. The number of aromatic amines is 1. The summed E-state index contributed by atoms with van der Waals surface area (Å²) < 4.78 is 8.18. The van der Waals surface area contributed by atoms with Crippen molar-refractivity contribution in [1.82, 2.24) is 14.8 Å². The number of hydrogen-bond donors (Lipinski definition) is 1. The first-order valence-corrected chi connectivity index (χ1v) is 6.34. The zero-order valence-electron chi connectivity index (χ0n) is 9.90. The molecule has 0 aromatic carbocycles. The minimum atomic E-state index is 0.330. The summed E-state index contributed by atoms with van der Waals surface area (Å²) in [4.78, 5) is 0. The minimum absolute atomic E-state index is 0.330. The zero-order chi connectivity index (χ0) is 11.5. The van der Waals surface area contributed by atoms with Gasteiger partial charge in [-0.25, -0.2) is 0 Å². The molecule has 4 nitrogen and oxygen atoms in total. The molecule has 1 aliphatic rings. The van der Waals surface area contributed by atoms with Gasteiger partial charge in [-0.05, 0) is 31.5 Å². The number of methoxy groups -OCH3 is 1. The van der Waals surface area contributed by atoms with Crippen molar-refractivity contribution in [3.05, 3.63) is 10.6 Å².